The minimum atomic E-state index is -0.515. The van der Waals surface area contributed by atoms with Gasteiger partial charge in [-0.2, -0.15) is 0 Å². The molecule has 1 spiro atoms. The molecule has 3 fully saturated rings. The second kappa shape index (κ2) is 10.7. The van der Waals surface area contributed by atoms with Crippen molar-refractivity contribution in [1.82, 2.24) is 30.0 Å². The van der Waals surface area contributed by atoms with Gasteiger partial charge in [0.1, 0.15) is 11.4 Å². The predicted molar refractivity (Wildman–Crippen MR) is 160 cm³/mol. The van der Waals surface area contributed by atoms with Gasteiger partial charge in [0.25, 0.3) is 0 Å². The van der Waals surface area contributed by atoms with Crippen molar-refractivity contribution in [3.05, 3.63) is 30.2 Å². The van der Waals surface area contributed by atoms with E-state index in [1.165, 1.54) is 0 Å². The summed E-state index contributed by atoms with van der Waals surface area (Å²) >= 11 is 0. The predicted octanol–water partition coefficient (Wildman–Crippen LogP) is 5.28. The smallest absolute Gasteiger partial charge is 0.407 e. The van der Waals surface area contributed by atoms with Crippen molar-refractivity contribution < 1.29 is 14.3 Å². The van der Waals surface area contributed by atoms with Gasteiger partial charge >= 0.3 is 6.09 Å². The Kier molecular flexibility index (Phi) is 6.95. The van der Waals surface area contributed by atoms with E-state index in [4.69, 9.17) is 24.5 Å². The Morgan fingerprint density at radius 3 is 2.86 bits per heavy atom. The number of pyridine rings is 1. The topological polar surface area (TPSA) is 111 Å². The number of rotatable bonds is 4. The summed E-state index contributed by atoms with van der Waals surface area (Å²) in [7, 11) is 0. The standard InChI is InChI=1S/C31H42N8O3/c1-30(2,3)42-29(40)34-23-11-6-13-31(23)14-17-37(20-31)24-19-33-26-27(35-24)39(25-12-4-5-18-41-25)36-28(26)38-16-8-9-21-22(38)10-7-15-32-21/h7,10,15,19,23,25H,4-6,8-9,11-14,16-18,20H2,1-3H3,(H,34,40). The third-order valence-corrected chi connectivity index (χ3v) is 9.32. The van der Waals surface area contributed by atoms with Gasteiger partial charge in [-0.15, -0.1) is 5.10 Å². The van der Waals surface area contributed by atoms with Gasteiger partial charge in [0.05, 0.1) is 17.6 Å². The number of aromatic nitrogens is 5. The van der Waals surface area contributed by atoms with E-state index < -0.39 is 5.60 Å². The van der Waals surface area contributed by atoms with Crippen LogP contribution in [0.3, 0.4) is 0 Å². The highest BCUT2D eigenvalue weighted by molar-refractivity contribution is 5.88. The molecule has 0 aromatic carbocycles. The number of nitrogens with one attached hydrogen (secondary N) is 1. The van der Waals surface area contributed by atoms with E-state index in [0.717, 1.165) is 118 Å². The van der Waals surface area contributed by atoms with Gasteiger partial charge in [0.2, 0.25) is 0 Å². The molecule has 4 aliphatic rings. The first-order chi connectivity index (χ1) is 20.3. The van der Waals surface area contributed by atoms with Crippen molar-refractivity contribution in [2.24, 2.45) is 5.41 Å². The molecule has 3 unspecified atom stereocenters. The molecule has 1 amide bonds. The molecule has 1 aliphatic carbocycles. The van der Waals surface area contributed by atoms with Gasteiger partial charge < -0.3 is 24.6 Å². The fourth-order valence-electron chi connectivity index (χ4n) is 7.34. The zero-order valence-corrected chi connectivity index (χ0v) is 25.0. The zero-order chi connectivity index (χ0) is 28.9. The Balaban J connectivity index is 1.20. The van der Waals surface area contributed by atoms with Crippen LogP contribution in [0.2, 0.25) is 0 Å². The Hall–Kier alpha value is -3.47. The van der Waals surface area contributed by atoms with Crippen molar-refractivity contribution in [2.75, 3.05) is 36.0 Å². The molecule has 1 saturated carbocycles. The van der Waals surface area contributed by atoms with E-state index in [2.05, 4.69) is 26.2 Å². The number of nitrogens with zero attached hydrogens (tertiary/aromatic N) is 7. The maximum atomic E-state index is 12.7. The largest absolute Gasteiger partial charge is 0.444 e. The Morgan fingerprint density at radius 2 is 2.02 bits per heavy atom. The molecule has 0 bridgehead atoms. The fourth-order valence-corrected chi connectivity index (χ4v) is 7.34. The van der Waals surface area contributed by atoms with Gasteiger partial charge in [0, 0.05) is 43.9 Å². The van der Waals surface area contributed by atoms with Crippen molar-refractivity contribution >= 4 is 34.6 Å². The number of aryl methyl sites for hydroxylation is 1. The first-order valence-electron chi connectivity index (χ1n) is 15.6. The molecular formula is C31H42N8O3. The summed E-state index contributed by atoms with van der Waals surface area (Å²) in [5.74, 6) is 1.67. The van der Waals surface area contributed by atoms with Crippen LogP contribution in [0.25, 0.3) is 11.2 Å². The minimum absolute atomic E-state index is 0.00986. The lowest BCUT2D eigenvalue weighted by Gasteiger charge is -2.32. The maximum Gasteiger partial charge on any atom is 0.407 e. The van der Waals surface area contributed by atoms with Crippen molar-refractivity contribution in [2.45, 2.75) is 96.4 Å². The Bertz CT molecular complexity index is 1460. The van der Waals surface area contributed by atoms with Crippen molar-refractivity contribution in [3.63, 3.8) is 0 Å². The van der Waals surface area contributed by atoms with Gasteiger partial charge in [-0.25, -0.2) is 19.4 Å². The number of carbonyl (C=O) groups is 1. The SMILES string of the molecule is CC(C)(C)OC(=O)NC1CCCC12CCN(c1cnc3c(N4CCCc5ncccc54)nn(C4CCCCO4)c3n1)C2. The molecule has 3 aromatic rings. The van der Waals surface area contributed by atoms with Gasteiger partial charge in [0.15, 0.2) is 23.2 Å². The number of hydrogen-bond acceptors (Lipinski definition) is 9. The molecular weight excluding hydrogens is 532 g/mol. The van der Waals surface area contributed by atoms with Gasteiger partial charge in [-0.05, 0) is 84.3 Å². The Morgan fingerprint density at radius 1 is 1.12 bits per heavy atom. The van der Waals surface area contributed by atoms with Crippen LogP contribution in [0.1, 0.15) is 84.1 Å². The second-order valence-corrected chi connectivity index (χ2v) is 13.3. The summed E-state index contributed by atoms with van der Waals surface area (Å²) in [5.41, 5.74) is 3.25. The molecule has 42 heavy (non-hydrogen) atoms. The molecule has 1 N–H and O–H groups in total. The van der Waals surface area contributed by atoms with E-state index in [1.54, 1.807) is 0 Å². The van der Waals surface area contributed by atoms with Crippen LogP contribution in [0, 0.1) is 5.41 Å². The van der Waals surface area contributed by atoms with Crippen LogP contribution < -0.4 is 15.1 Å². The second-order valence-electron chi connectivity index (χ2n) is 13.3. The molecule has 0 radical (unpaired) electrons. The number of hydrogen-bond donors (Lipinski definition) is 1. The monoisotopic (exact) mass is 574 g/mol. The van der Waals surface area contributed by atoms with Crippen LogP contribution in [-0.4, -0.2) is 68.7 Å². The molecule has 2 saturated heterocycles. The van der Waals surface area contributed by atoms with Crippen LogP contribution in [0.4, 0.5) is 22.1 Å². The lowest BCUT2D eigenvalue weighted by molar-refractivity contribution is -0.0368. The van der Waals surface area contributed by atoms with Crippen LogP contribution in [-0.2, 0) is 15.9 Å². The number of alkyl carbamates (subject to hydrolysis) is 1. The molecule has 3 atom stereocenters. The number of anilines is 3. The normalized spacial score (nSPS) is 26.2. The van der Waals surface area contributed by atoms with E-state index in [0.29, 0.717) is 0 Å². The molecule has 3 aliphatic heterocycles. The molecule has 11 nitrogen and oxygen atoms in total. The van der Waals surface area contributed by atoms with Crippen LogP contribution >= 0.6 is 0 Å². The fraction of sp³-hybridized carbons (Fsp3) is 0.645. The van der Waals surface area contributed by atoms with Crippen LogP contribution in [0.5, 0.6) is 0 Å². The zero-order valence-electron chi connectivity index (χ0n) is 25.0. The van der Waals surface area contributed by atoms with E-state index in [1.807, 2.05) is 43.9 Å². The van der Waals surface area contributed by atoms with Crippen LogP contribution in [0.15, 0.2) is 24.5 Å². The quantitative estimate of drug-likeness (QED) is 0.445. The average Bonchev–Trinajstić information content (AvgIpc) is 3.69. The summed E-state index contributed by atoms with van der Waals surface area (Å²) in [5, 5.41) is 8.34. The number of carbonyl (C=O) groups excluding carboxylic acids is 1. The van der Waals surface area contributed by atoms with E-state index in [9.17, 15) is 4.79 Å². The third-order valence-electron chi connectivity index (χ3n) is 9.32. The summed E-state index contributed by atoms with van der Waals surface area (Å²) in [6.45, 7) is 9.00. The van der Waals surface area contributed by atoms with Crippen molar-refractivity contribution in [1.29, 1.82) is 0 Å². The minimum Gasteiger partial charge on any atom is -0.444 e. The molecule has 6 heterocycles. The van der Waals surface area contributed by atoms with Gasteiger partial charge in [-0.1, -0.05) is 6.42 Å². The summed E-state index contributed by atoms with van der Waals surface area (Å²) in [6, 6.07) is 4.20. The summed E-state index contributed by atoms with van der Waals surface area (Å²) in [4.78, 5) is 32.1. The highest BCUT2D eigenvalue weighted by Crippen LogP contribution is 2.47. The molecule has 11 heteroatoms. The number of fused-ring (bicyclic) bond motifs is 2. The number of ether oxygens (including phenoxy) is 2. The number of amides is 1. The average molecular weight is 575 g/mol. The maximum absolute atomic E-state index is 12.7. The first kappa shape index (κ1) is 27.4. The lowest BCUT2D eigenvalue weighted by atomic mass is 9.81. The summed E-state index contributed by atoms with van der Waals surface area (Å²) < 4.78 is 13.8. The molecule has 7 rings (SSSR count). The molecule has 224 valence electrons. The summed E-state index contributed by atoms with van der Waals surface area (Å²) in [6.07, 6.45) is 12.5. The van der Waals surface area contributed by atoms with E-state index in [-0.39, 0.29) is 23.8 Å². The third kappa shape index (κ3) is 5.05. The van der Waals surface area contributed by atoms with E-state index >= 15 is 0 Å². The Labute approximate surface area is 247 Å². The lowest BCUT2D eigenvalue weighted by Crippen LogP contribution is -2.47. The molecule has 3 aromatic heterocycles. The highest BCUT2D eigenvalue weighted by atomic mass is 16.6. The highest BCUT2D eigenvalue weighted by Gasteiger charge is 2.49. The first-order valence-corrected chi connectivity index (χ1v) is 15.6. The van der Waals surface area contributed by atoms with Gasteiger partial charge in [-0.3, -0.25) is 4.98 Å². The van der Waals surface area contributed by atoms with Crippen molar-refractivity contribution in [3.8, 4) is 0 Å².